The van der Waals surface area contributed by atoms with E-state index in [2.05, 4.69) is 34.1 Å². The third-order valence-corrected chi connectivity index (χ3v) is 9.01. The smallest absolute Gasteiger partial charge is 0.338 e. The Morgan fingerprint density at radius 2 is 1.45 bits per heavy atom. The fourth-order valence-corrected chi connectivity index (χ4v) is 6.39. The van der Waals surface area contributed by atoms with Gasteiger partial charge in [-0.05, 0) is 47.9 Å². The molecule has 0 N–H and O–H groups in total. The first kappa shape index (κ1) is 33.7. The van der Waals surface area contributed by atoms with Crippen LogP contribution in [0, 0.1) is 0 Å². The van der Waals surface area contributed by atoms with E-state index in [0.29, 0.717) is 48.9 Å². The highest BCUT2D eigenvalue weighted by Crippen LogP contribution is 2.38. The Morgan fingerprint density at radius 3 is 2.10 bits per heavy atom. The van der Waals surface area contributed by atoms with Gasteiger partial charge < -0.3 is 33.5 Å². The first-order valence-corrected chi connectivity index (χ1v) is 16.6. The Balaban J connectivity index is 1.19. The molecule has 2 heterocycles. The molecule has 1 fully saturated rings. The second kappa shape index (κ2) is 15.8. The van der Waals surface area contributed by atoms with E-state index in [-0.39, 0.29) is 18.1 Å². The van der Waals surface area contributed by atoms with Gasteiger partial charge in [-0.3, -0.25) is 9.69 Å². The molecule has 0 saturated carbocycles. The number of hydrogen-bond donors (Lipinski definition) is 0. The molecule has 1 unspecified atom stereocenters. The summed E-state index contributed by atoms with van der Waals surface area (Å²) in [6, 6.07) is 29.4. The van der Waals surface area contributed by atoms with Gasteiger partial charge in [0.15, 0.2) is 11.5 Å². The van der Waals surface area contributed by atoms with E-state index in [0.717, 1.165) is 43.0 Å². The first-order chi connectivity index (χ1) is 23.9. The summed E-state index contributed by atoms with van der Waals surface area (Å²) in [5.41, 5.74) is 4.48. The molecule has 2 aliphatic rings. The maximum atomic E-state index is 13.6. The lowest BCUT2D eigenvalue weighted by Crippen LogP contribution is -2.50. The number of nitrogens with zero attached hydrogens (tertiary/aromatic N) is 3. The Kier molecular flexibility index (Phi) is 10.8. The highest BCUT2D eigenvalue weighted by Gasteiger charge is 2.27. The molecule has 4 aromatic carbocycles. The Labute approximate surface area is 287 Å². The van der Waals surface area contributed by atoms with Crippen molar-refractivity contribution in [2.24, 2.45) is 0 Å². The molecular weight excluding hydrogens is 622 g/mol. The zero-order chi connectivity index (χ0) is 34.2. The van der Waals surface area contributed by atoms with Crippen molar-refractivity contribution < 1.29 is 33.3 Å². The number of fused-ring (bicyclic) bond motifs is 1. The molecule has 0 bridgehead atoms. The van der Waals surface area contributed by atoms with Gasteiger partial charge in [0.2, 0.25) is 11.7 Å². The van der Waals surface area contributed by atoms with Crippen LogP contribution >= 0.6 is 0 Å². The summed E-state index contributed by atoms with van der Waals surface area (Å²) >= 11 is 0. The van der Waals surface area contributed by atoms with E-state index < -0.39 is 12.1 Å². The molecule has 10 heteroatoms. The SMILES string of the molecule is COc1cc(C(=O)OC(COc2ccc3c(c2)N(Cc2ccccc2)C(=O)CC3)CN2CCN(c3ccccc3)CC2)cc(OC)c1OC. The van der Waals surface area contributed by atoms with Gasteiger partial charge in [0, 0.05) is 50.9 Å². The molecule has 0 aliphatic carbocycles. The number of amides is 1. The minimum atomic E-state index is -0.590. The number of carbonyl (C=O) groups is 2. The minimum absolute atomic E-state index is 0.0836. The molecular formula is C39H43N3O7. The molecule has 1 saturated heterocycles. The molecule has 1 amide bonds. The lowest BCUT2D eigenvalue weighted by atomic mass is 10.00. The fourth-order valence-electron chi connectivity index (χ4n) is 6.39. The van der Waals surface area contributed by atoms with Crippen LogP contribution in [-0.4, -0.2) is 83.5 Å². The average Bonchev–Trinajstić information content (AvgIpc) is 3.15. The third-order valence-electron chi connectivity index (χ3n) is 9.01. The molecule has 2 aliphatic heterocycles. The molecule has 10 nitrogen and oxygen atoms in total. The number of ether oxygens (including phenoxy) is 5. The Bertz CT molecular complexity index is 1700. The average molecular weight is 666 g/mol. The Morgan fingerprint density at radius 1 is 0.776 bits per heavy atom. The summed E-state index contributed by atoms with van der Waals surface area (Å²) in [7, 11) is 4.53. The fraction of sp³-hybridized carbons (Fsp3) is 0.333. The van der Waals surface area contributed by atoms with E-state index in [9.17, 15) is 9.59 Å². The van der Waals surface area contributed by atoms with Gasteiger partial charge >= 0.3 is 5.97 Å². The zero-order valence-electron chi connectivity index (χ0n) is 28.3. The van der Waals surface area contributed by atoms with Crippen LogP contribution < -0.4 is 28.7 Å². The van der Waals surface area contributed by atoms with E-state index in [4.69, 9.17) is 23.7 Å². The van der Waals surface area contributed by atoms with Gasteiger partial charge in [0.1, 0.15) is 18.5 Å². The van der Waals surface area contributed by atoms with Crippen LogP contribution in [0.3, 0.4) is 0 Å². The lowest BCUT2D eigenvalue weighted by Gasteiger charge is -2.37. The Hall–Kier alpha value is -5.22. The van der Waals surface area contributed by atoms with Crippen LogP contribution in [-0.2, 0) is 22.5 Å². The molecule has 0 aromatic heterocycles. The molecule has 1 atom stereocenters. The van der Waals surface area contributed by atoms with Crippen molar-refractivity contribution in [3.8, 4) is 23.0 Å². The number of carbonyl (C=O) groups excluding carboxylic acids is 2. The molecule has 0 radical (unpaired) electrons. The lowest BCUT2D eigenvalue weighted by molar-refractivity contribution is -0.119. The number of benzene rings is 4. The largest absolute Gasteiger partial charge is 0.493 e. The van der Waals surface area contributed by atoms with Crippen LogP contribution in [0.2, 0.25) is 0 Å². The van der Waals surface area contributed by atoms with Gasteiger partial charge in [-0.25, -0.2) is 4.79 Å². The van der Waals surface area contributed by atoms with Crippen molar-refractivity contribution in [1.82, 2.24) is 4.90 Å². The second-order valence-electron chi connectivity index (χ2n) is 12.1. The number of piperazine rings is 1. The van der Waals surface area contributed by atoms with E-state index >= 15 is 0 Å². The van der Waals surface area contributed by atoms with E-state index in [1.165, 1.54) is 27.0 Å². The monoisotopic (exact) mass is 665 g/mol. The normalized spacial score (nSPS) is 15.3. The summed E-state index contributed by atoms with van der Waals surface area (Å²) in [5, 5.41) is 0. The number of anilines is 2. The zero-order valence-corrected chi connectivity index (χ0v) is 28.3. The van der Waals surface area contributed by atoms with Crippen LogP contribution in [0.1, 0.15) is 27.9 Å². The quantitative estimate of drug-likeness (QED) is 0.169. The summed E-state index contributed by atoms with van der Waals surface area (Å²) in [5.74, 6) is 1.28. The topological polar surface area (TPSA) is 90.0 Å². The number of methoxy groups -OCH3 is 3. The van der Waals surface area contributed by atoms with Gasteiger partial charge in [-0.1, -0.05) is 54.6 Å². The standard InChI is InChI=1S/C39H43N3O7/c1-45-35-22-30(23-36(46-2)38(35)47-3)39(44)49-33(26-40-18-20-41(21-19-40)31-12-8-5-9-13-31)27-48-32-16-14-29-15-17-37(43)42(34(29)24-32)25-28-10-6-4-7-11-28/h4-14,16,22-24,33H,15,17-21,25-27H2,1-3H3. The number of aryl methyl sites for hydroxylation is 1. The molecule has 4 aromatic rings. The maximum Gasteiger partial charge on any atom is 0.338 e. The third kappa shape index (κ3) is 8.09. The highest BCUT2D eigenvalue weighted by atomic mass is 16.6. The van der Waals surface area contributed by atoms with Crippen molar-refractivity contribution in [2.75, 3.05) is 70.5 Å². The highest BCUT2D eigenvalue weighted by molar-refractivity contribution is 5.96. The second-order valence-corrected chi connectivity index (χ2v) is 12.1. The van der Waals surface area contributed by atoms with Crippen molar-refractivity contribution in [2.45, 2.75) is 25.5 Å². The van der Waals surface area contributed by atoms with Gasteiger partial charge in [0.25, 0.3) is 0 Å². The van der Waals surface area contributed by atoms with Crippen LogP contribution in [0.25, 0.3) is 0 Å². The number of hydrogen-bond acceptors (Lipinski definition) is 9. The van der Waals surface area contributed by atoms with Crippen LogP contribution in [0.15, 0.2) is 91.0 Å². The summed E-state index contributed by atoms with van der Waals surface area (Å²) in [6.07, 6.45) is 0.563. The predicted molar refractivity (Wildman–Crippen MR) is 188 cm³/mol. The number of para-hydroxylation sites is 1. The number of esters is 1. The maximum absolute atomic E-state index is 13.6. The predicted octanol–water partition coefficient (Wildman–Crippen LogP) is 5.62. The van der Waals surface area contributed by atoms with Gasteiger partial charge in [-0.15, -0.1) is 0 Å². The van der Waals surface area contributed by atoms with Crippen molar-refractivity contribution in [1.29, 1.82) is 0 Å². The van der Waals surface area contributed by atoms with Crippen LogP contribution in [0.5, 0.6) is 23.0 Å². The van der Waals surface area contributed by atoms with Crippen molar-refractivity contribution >= 4 is 23.3 Å². The summed E-state index contributed by atoms with van der Waals surface area (Å²) < 4.78 is 28.9. The number of rotatable bonds is 13. The van der Waals surface area contributed by atoms with Crippen LogP contribution in [0.4, 0.5) is 11.4 Å². The molecule has 256 valence electrons. The van der Waals surface area contributed by atoms with Crippen molar-refractivity contribution in [3.63, 3.8) is 0 Å². The molecule has 0 spiro atoms. The molecule has 49 heavy (non-hydrogen) atoms. The molecule has 6 rings (SSSR count). The van der Waals surface area contributed by atoms with E-state index in [1.807, 2.05) is 59.5 Å². The summed E-state index contributed by atoms with van der Waals surface area (Å²) in [6.45, 7) is 4.43. The van der Waals surface area contributed by atoms with Gasteiger partial charge in [0.05, 0.1) is 39.1 Å². The summed E-state index contributed by atoms with van der Waals surface area (Å²) in [4.78, 5) is 33.2. The van der Waals surface area contributed by atoms with E-state index in [1.54, 1.807) is 12.1 Å². The first-order valence-electron chi connectivity index (χ1n) is 16.6. The van der Waals surface area contributed by atoms with Crippen molar-refractivity contribution in [3.05, 3.63) is 108 Å². The minimum Gasteiger partial charge on any atom is -0.493 e. The van der Waals surface area contributed by atoms with Gasteiger partial charge in [-0.2, -0.15) is 0 Å².